The molecule has 2 aromatic carbocycles. The van der Waals surface area contributed by atoms with Gasteiger partial charge in [0.1, 0.15) is 27.0 Å². The maximum absolute atomic E-state index is 12.8. The zero-order valence-corrected chi connectivity index (χ0v) is 18.9. The summed E-state index contributed by atoms with van der Waals surface area (Å²) in [5.74, 6) is 1.16. The molecule has 31 heavy (non-hydrogen) atoms. The van der Waals surface area contributed by atoms with Crippen molar-refractivity contribution in [3.05, 3.63) is 47.7 Å². The van der Waals surface area contributed by atoms with Gasteiger partial charge in [-0.2, -0.15) is 0 Å². The minimum Gasteiger partial charge on any atom is -0.496 e. The summed E-state index contributed by atoms with van der Waals surface area (Å²) in [7, 11) is 3.31. The molecule has 2 heterocycles. The molecular formula is C22H23N5O3S. The van der Waals surface area contributed by atoms with Crippen LogP contribution < -0.4 is 14.4 Å². The lowest BCUT2D eigenvalue weighted by atomic mass is 10.1. The van der Waals surface area contributed by atoms with Gasteiger partial charge in [-0.15, -0.1) is 5.10 Å². The van der Waals surface area contributed by atoms with E-state index >= 15 is 0 Å². The molecule has 0 bridgehead atoms. The predicted molar refractivity (Wildman–Crippen MR) is 121 cm³/mol. The van der Waals surface area contributed by atoms with E-state index in [1.54, 1.807) is 31.0 Å². The normalized spacial score (nSPS) is 11.0. The van der Waals surface area contributed by atoms with Crippen LogP contribution in [0.2, 0.25) is 0 Å². The number of rotatable bonds is 5. The number of amides is 1. The first kappa shape index (κ1) is 20.8. The lowest BCUT2D eigenvalue weighted by molar-refractivity contribution is 0.209. The minimum absolute atomic E-state index is 0.412. The number of methoxy groups -OCH3 is 1. The average molecular weight is 438 g/mol. The summed E-state index contributed by atoms with van der Waals surface area (Å²) in [5, 5.41) is 9.69. The summed E-state index contributed by atoms with van der Waals surface area (Å²) in [6.07, 6.45) is -0.503. The number of benzene rings is 2. The molecule has 1 amide bonds. The lowest BCUT2D eigenvalue weighted by Crippen LogP contribution is -2.29. The number of carbonyl (C=O) groups is 1. The quantitative estimate of drug-likeness (QED) is 0.445. The van der Waals surface area contributed by atoms with Crippen LogP contribution in [0.4, 0.5) is 9.80 Å². The van der Waals surface area contributed by atoms with Gasteiger partial charge < -0.3 is 9.47 Å². The Labute approximate surface area is 184 Å². The highest BCUT2D eigenvalue weighted by atomic mass is 32.1. The first-order valence-corrected chi connectivity index (χ1v) is 10.6. The van der Waals surface area contributed by atoms with Gasteiger partial charge in [-0.1, -0.05) is 22.6 Å². The Morgan fingerprint density at radius 2 is 2.00 bits per heavy atom. The van der Waals surface area contributed by atoms with Crippen LogP contribution in [0.1, 0.15) is 18.2 Å². The molecule has 0 N–H and O–H groups in total. The Kier molecular flexibility index (Phi) is 5.60. The van der Waals surface area contributed by atoms with Crippen LogP contribution in [-0.2, 0) is 6.54 Å². The second-order valence-electron chi connectivity index (χ2n) is 7.10. The van der Waals surface area contributed by atoms with Gasteiger partial charge >= 0.3 is 6.09 Å². The molecule has 0 atom stereocenters. The van der Waals surface area contributed by atoms with Gasteiger partial charge in [-0.3, -0.25) is 4.90 Å². The van der Waals surface area contributed by atoms with Gasteiger partial charge in [0, 0.05) is 19.7 Å². The van der Waals surface area contributed by atoms with Crippen molar-refractivity contribution in [2.24, 2.45) is 0 Å². The van der Waals surface area contributed by atoms with E-state index < -0.39 is 6.09 Å². The fraction of sp³-hybridized carbons (Fsp3) is 0.273. The van der Waals surface area contributed by atoms with Gasteiger partial charge in [0.05, 0.1) is 23.9 Å². The number of nitrogens with zero attached hydrogens (tertiary/aromatic N) is 5. The highest BCUT2D eigenvalue weighted by Gasteiger charge is 2.21. The number of hydrogen-bond donors (Lipinski definition) is 0. The van der Waals surface area contributed by atoms with Crippen LogP contribution in [0, 0.1) is 13.8 Å². The Balaban J connectivity index is 1.57. The van der Waals surface area contributed by atoms with Crippen molar-refractivity contribution in [3.63, 3.8) is 0 Å². The molecule has 0 aliphatic carbocycles. The standard InChI is InChI=1S/C22H23N5O3S/c1-6-27-18-10-8-15(12-17(18)24-25-27)30-22(28)26(4)21-14(3)23-20(31-21)16-9-7-13(2)11-19(16)29-5/h7-12H,6H2,1-5H3. The maximum atomic E-state index is 12.8. The van der Waals surface area contributed by atoms with Crippen molar-refractivity contribution < 1.29 is 14.3 Å². The van der Waals surface area contributed by atoms with Crippen molar-refractivity contribution in [2.45, 2.75) is 27.3 Å². The Morgan fingerprint density at radius 3 is 2.74 bits per heavy atom. The molecule has 4 rings (SSSR count). The summed E-state index contributed by atoms with van der Waals surface area (Å²) < 4.78 is 12.9. The number of hydrogen-bond acceptors (Lipinski definition) is 7. The molecule has 2 aromatic heterocycles. The number of anilines is 1. The van der Waals surface area contributed by atoms with E-state index in [1.165, 1.54) is 16.2 Å². The summed E-state index contributed by atoms with van der Waals surface area (Å²) in [5.41, 5.74) is 4.30. The van der Waals surface area contributed by atoms with E-state index in [1.807, 2.05) is 45.0 Å². The monoisotopic (exact) mass is 437 g/mol. The molecule has 0 saturated carbocycles. The molecule has 0 radical (unpaired) electrons. The summed E-state index contributed by atoms with van der Waals surface area (Å²) in [4.78, 5) is 18.9. The SMILES string of the molecule is CCn1nnc2cc(OC(=O)N(C)c3sc(-c4ccc(C)cc4OC)nc3C)ccc21. The zero-order chi connectivity index (χ0) is 22.1. The average Bonchev–Trinajstić information content (AvgIpc) is 3.35. The Morgan fingerprint density at radius 1 is 1.19 bits per heavy atom. The van der Waals surface area contributed by atoms with Crippen LogP contribution in [-0.4, -0.2) is 40.2 Å². The van der Waals surface area contributed by atoms with Gasteiger partial charge in [0.25, 0.3) is 0 Å². The van der Waals surface area contributed by atoms with E-state index in [2.05, 4.69) is 15.3 Å². The summed E-state index contributed by atoms with van der Waals surface area (Å²) in [6.45, 7) is 6.59. The fourth-order valence-electron chi connectivity index (χ4n) is 3.29. The number of carbonyl (C=O) groups excluding carboxylic acids is 1. The molecule has 0 fully saturated rings. The zero-order valence-electron chi connectivity index (χ0n) is 18.0. The van der Waals surface area contributed by atoms with Crippen molar-refractivity contribution in [3.8, 4) is 22.1 Å². The number of ether oxygens (including phenoxy) is 2. The topological polar surface area (TPSA) is 82.4 Å². The van der Waals surface area contributed by atoms with E-state index in [9.17, 15) is 4.79 Å². The summed E-state index contributed by atoms with van der Waals surface area (Å²) >= 11 is 1.41. The Bertz CT molecular complexity index is 1260. The van der Waals surface area contributed by atoms with Gasteiger partial charge in [-0.05, 0) is 50.6 Å². The van der Waals surface area contributed by atoms with E-state index in [0.717, 1.165) is 39.6 Å². The minimum atomic E-state index is -0.503. The van der Waals surface area contributed by atoms with E-state index in [0.29, 0.717) is 16.3 Å². The maximum Gasteiger partial charge on any atom is 0.420 e. The molecular weight excluding hydrogens is 414 g/mol. The van der Waals surface area contributed by atoms with Crippen LogP contribution in [0.5, 0.6) is 11.5 Å². The van der Waals surface area contributed by atoms with Crippen molar-refractivity contribution in [2.75, 3.05) is 19.1 Å². The second kappa shape index (κ2) is 8.35. The van der Waals surface area contributed by atoms with Crippen LogP contribution in [0.25, 0.3) is 21.6 Å². The molecule has 0 saturated heterocycles. The smallest absolute Gasteiger partial charge is 0.420 e. The predicted octanol–water partition coefficient (Wildman–Crippen LogP) is 4.84. The molecule has 8 nitrogen and oxygen atoms in total. The third-order valence-electron chi connectivity index (χ3n) is 4.93. The molecule has 0 aliphatic heterocycles. The van der Waals surface area contributed by atoms with E-state index in [4.69, 9.17) is 9.47 Å². The third-order valence-corrected chi connectivity index (χ3v) is 6.20. The van der Waals surface area contributed by atoms with Crippen molar-refractivity contribution in [1.29, 1.82) is 0 Å². The Hall–Kier alpha value is -3.46. The lowest BCUT2D eigenvalue weighted by Gasteiger charge is -2.15. The highest BCUT2D eigenvalue weighted by Crippen LogP contribution is 2.38. The molecule has 9 heteroatoms. The van der Waals surface area contributed by atoms with Crippen molar-refractivity contribution in [1.82, 2.24) is 20.0 Å². The first-order valence-electron chi connectivity index (χ1n) is 9.82. The number of aryl methyl sites for hydroxylation is 3. The van der Waals surface area contributed by atoms with Crippen LogP contribution >= 0.6 is 11.3 Å². The molecule has 0 unspecified atom stereocenters. The van der Waals surface area contributed by atoms with Gasteiger partial charge in [-0.25, -0.2) is 14.5 Å². The third kappa shape index (κ3) is 3.96. The first-order chi connectivity index (χ1) is 14.9. The largest absolute Gasteiger partial charge is 0.496 e. The van der Waals surface area contributed by atoms with Crippen LogP contribution in [0.3, 0.4) is 0 Å². The molecule has 0 spiro atoms. The summed E-state index contributed by atoms with van der Waals surface area (Å²) in [6, 6.07) is 11.3. The van der Waals surface area contributed by atoms with Gasteiger partial charge in [0.15, 0.2) is 0 Å². The molecule has 0 aliphatic rings. The number of thiazole rings is 1. The van der Waals surface area contributed by atoms with Gasteiger partial charge in [0.2, 0.25) is 0 Å². The molecule has 4 aromatic rings. The van der Waals surface area contributed by atoms with E-state index in [-0.39, 0.29) is 0 Å². The highest BCUT2D eigenvalue weighted by molar-refractivity contribution is 7.19. The number of aromatic nitrogens is 4. The molecule has 160 valence electrons. The van der Waals surface area contributed by atoms with Crippen LogP contribution in [0.15, 0.2) is 36.4 Å². The second-order valence-corrected chi connectivity index (χ2v) is 8.07. The number of fused-ring (bicyclic) bond motifs is 1. The van der Waals surface area contributed by atoms with Crippen molar-refractivity contribution >= 4 is 33.5 Å². The fourth-order valence-corrected chi connectivity index (χ4v) is 4.34.